The van der Waals surface area contributed by atoms with Crippen LogP contribution in [0.4, 0.5) is 10.5 Å². The zero-order valence-corrected chi connectivity index (χ0v) is 18.5. The highest BCUT2D eigenvalue weighted by molar-refractivity contribution is 7.99. The number of aliphatic hydroxyl groups excluding tert-OH is 1. The molecular weight excluding hydrogens is 372 g/mol. The van der Waals surface area contributed by atoms with Crippen LogP contribution in [0.3, 0.4) is 0 Å². The van der Waals surface area contributed by atoms with Gasteiger partial charge in [0.15, 0.2) is 0 Å². The van der Waals surface area contributed by atoms with E-state index in [-0.39, 0.29) is 18.7 Å². The Bertz CT molecular complexity index is 673. The van der Waals surface area contributed by atoms with Crippen LogP contribution in [-0.4, -0.2) is 59.7 Å². The van der Waals surface area contributed by atoms with Crippen molar-refractivity contribution in [2.45, 2.75) is 51.2 Å². The molecule has 3 saturated heterocycles. The van der Waals surface area contributed by atoms with Crippen molar-refractivity contribution in [2.24, 2.45) is 17.8 Å². The smallest absolute Gasteiger partial charge is 0.410 e. The zero-order valence-electron chi connectivity index (χ0n) is 17.7. The topological polar surface area (TPSA) is 53.0 Å². The van der Waals surface area contributed by atoms with Crippen LogP contribution in [0.25, 0.3) is 0 Å². The fourth-order valence-electron chi connectivity index (χ4n) is 4.36. The molecule has 3 fully saturated rings. The van der Waals surface area contributed by atoms with Crippen molar-refractivity contribution in [3.05, 3.63) is 24.3 Å². The van der Waals surface area contributed by atoms with Gasteiger partial charge < -0.3 is 19.6 Å². The molecule has 0 radical (unpaired) electrons. The predicted molar refractivity (Wildman–Crippen MR) is 115 cm³/mol. The number of hydrogen-bond donors (Lipinski definition) is 1. The number of fused-ring (bicyclic) bond motifs is 4. The third-order valence-electron chi connectivity index (χ3n) is 6.05. The molecule has 3 aliphatic heterocycles. The summed E-state index contributed by atoms with van der Waals surface area (Å²) in [6.07, 6.45) is -0.193. The number of ether oxygens (including phenoxy) is 1. The van der Waals surface area contributed by atoms with E-state index in [0.717, 1.165) is 13.1 Å². The highest BCUT2D eigenvalue weighted by Gasteiger charge is 2.45. The maximum Gasteiger partial charge on any atom is 0.410 e. The lowest BCUT2D eigenvalue weighted by molar-refractivity contribution is 0.0239. The molecule has 156 valence electrons. The Hall–Kier alpha value is -1.40. The first kappa shape index (κ1) is 21.3. The standard InChI is InChI=1S/C22H34N2O3S/c1-15-16(2)20-14-23(21(26)27-22(3,4)5)12-17(15)13-24(20)18-6-8-19(9-7-18)28-11-10-25/h6-9,15-17,20,25H,10-14H2,1-5H3/t15?,16-,17+,20?/m0/s1. The van der Waals surface area contributed by atoms with Crippen LogP contribution in [0, 0.1) is 17.8 Å². The first-order chi connectivity index (χ1) is 13.2. The van der Waals surface area contributed by atoms with Crippen molar-refractivity contribution < 1.29 is 14.6 Å². The number of benzene rings is 1. The Morgan fingerprint density at radius 3 is 2.43 bits per heavy atom. The summed E-state index contributed by atoms with van der Waals surface area (Å²) in [6.45, 7) is 13.0. The number of aliphatic hydroxyl groups is 1. The monoisotopic (exact) mass is 406 g/mol. The Balaban J connectivity index is 1.79. The molecule has 4 atom stereocenters. The molecule has 2 unspecified atom stereocenters. The summed E-state index contributed by atoms with van der Waals surface area (Å²) >= 11 is 1.67. The number of nitrogens with zero attached hydrogens (tertiary/aromatic N) is 2. The lowest BCUT2D eigenvalue weighted by Gasteiger charge is -2.45. The van der Waals surface area contributed by atoms with E-state index in [9.17, 15) is 4.79 Å². The maximum atomic E-state index is 12.7. The molecule has 28 heavy (non-hydrogen) atoms. The molecule has 5 nitrogen and oxygen atoms in total. The molecule has 4 rings (SSSR count). The third-order valence-corrected chi connectivity index (χ3v) is 7.05. The van der Waals surface area contributed by atoms with Crippen molar-refractivity contribution in [3.63, 3.8) is 0 Å². The summed E-state index contributed by atoms with van der Waals surface area (Å²) in [5.41, 5.74) is 0.745. The van der Waals surface area contributed by atoms with Crippen LogP contribution in [0.15, 0.2) is 29.2 Å². The minimum Gasteiger partial charge on any atom is -0.444 e. The maximum absolute atomic E-state index is 12.7. The molecular formula is C22H34N2O3S. The molecule has 1 aromatic carbocycles. The molecule has 0 spiro atoms. The lowest BCUT2D eigenvalue weighted by atomic mass is 9.76. The highest BCUT2D eigenvalue weighted by atomic mass is 32.2. The Morgan fingerprint density at radius 1 is 1.14 bits per heavy atom. The van der Waals surface area contributed by atoms with Gasteiger partial charge in [0.2, 0.25) is 0 Å². The Morgan fingerprint density at radius 2 is 1.82 bits per heavy atom. The summed E-state index contributed by atoms with van der Waals surface area (Å²) in [4.78, 5) is 18.3. The van der Waals surface area contributed by atoms with Gasteiger partial charge in [0, 0.05) is 42.0 Å². The minimum atomic E-state index is -0.471. The largest absolute Gasteiger partial charge is 0.444 e. The van der Waals surface area contributed by atoms with Gasteiger partial charge in [0.1, 0.15) is 5.60 Å². The number of carbonyl (C=O) groups excluding carboxylic acids is 1. The van der Waals surface area contributed by atoms with Gasteiger partial charge in [-0.15, -0.1) is 11.8 Å². The molecule has 1 N–H and O–H groups in total. The van der Waals surface area contributed by atoms with Crippen molar-refractivity contribution in [1.82, 2.24) is 4.90 Å². The number of carbonyl (C=O) groups is 1. The average molecular weight is 407 g/mol. The second-order valence-electron chi connectivity index (χ2n) is 9.15. The van der Waals surface area contributed by atoms with E-state index in [1.54, 1.807) is 11.8 Å². The van der Waals surface area contributed by atoms with Crippen molar-refractivity contribution in [2.75, 3.05) is 36.9 Å². The first-order valence-corrected chi connectivity index (χ1v) is 11.3. The second kappa shape index (κ2) is 8.54. The van der Waals surface area contributed by atoms with Crippen molar-refractivity contribution in [3.8, 4) is 0 Å². The summed E-state index contributed by atoms with van der Waals surface area (Å²) in [7, 11) is 0. The third kappa shape index (κ3) is 4.77. The van der Waals surface area contributed by atoms with E-state index in [0.29, 0.717) is 30.1 Å². The SMILES string of the molecule is CC1[C@@H]2CN(C(=O)OC(C)(C)C)CC([C@H]1C)N(c1ccc(SCCO)cc1)C2. The quantitative estimate of drug-likeness (QED) is 0.763. The molecule has 6 heteroatoms. The summed E-state index contributed by atoms with van der Waals surface area (Å²) < 4.78 is 5.67. The average Bonchev–Trinajstić information content (AvgIpc) is 2.90. The van der Waals surface area contributed by atoms with E-state index >= 15 is 0 Å². The van der Waals surface area contributed by atoms with Crippen LogP contribution < -0.4 is 4.90 Å². The van der Waals surface area contributed by atoms with Gasteiger partial charge in [-0.05, 0) is 62.8 Å². The molecule has 3 heterocycles. The van der Waals surface area contributed by atoms with E-state index in [1.165, 1.54) is 10.6 Å². The molecule has 1 aromatic rings. The zero-order chi connectivity index (χ0) is 20.5. The van der Waals surface area contributed by atoms with Gasteiger partial charge in [-0.2, -0.15) is 0 Å². The van der Waals surface area contributed by atoms with Crippen LogP contribution in [0.5, 0.6) is 0 Å². The van der Waals surface area contributed by atoms with Gasteiger partial charge in [-0.25, -0.2) is 4.79 Å². The summed E-state index contributed by atoms with van der Waals surface area (Å²) in [5.74, 6) is 2.24. The van der Waals surface area contributed by atoms with Crippen LogP contribution in [0.1, 0.15) is 34.6 Å². The number of hydrogen-bond acceptors (Lipinski definition) is 5. The van der Waals surface area contributed by atoms with E-state index in [2.05, 4.69) is 43.0 Å². The molecule has 0 saturated carbocycles. The van der Waals surface area contributed by atoms with Gasteiger partial charge in [-0.1, -0.05) is 13.8 Å². The Kier molecular flexibility index (Phi) is 6.50. The molecule has 3 aliphatic rings. The fourth-order valence-corrected chi connectivity index (χ4v) is 5.02. The number of thioether (sulfide) groups is 1. The molecule has 0 aliphatic carbocycles. The van der Waals surface area contributed by atoms with Crippen LogP contribution in [-0.2, 0) is 4.74 Å². The first-order valence-electron chi connectivity index (χ1n) is 10.3. The normalized spacial score (nSPS) is 27.6. The van der Waals surface area contributed by atoms with Gasteiger partial charge in [0.05, 0.1) is 6.61 Å². The Labute approximate surface area is 173 Å². The summed E-state index contributed by atoms with van der Waals surface area (Å²) in [6, 6.07) is 8.91. The number of rotatable bonds is 4. The van der Waals surface area contributed by atoms with E-state index in [1.807, 2.05) is 25.7 Å². The van der Waals surface area contributed by atoms with Crippen molar-refractivity contribution in [1.29, 1.82) is 0 Å². The highest BCUT2D eigenvalue weighted by Crippen LogP contribution is 2.40. The van der Waals surface area contributed by atoms with Gasteiger partial charge >= 0.3 is 6.09 Å². The number of anilines is 1. The fraction of sp³-hybridized carbons (Fsp3) is 0.682. The van der Waals surface area contributed by atoms with E-state index in [4.69, 9.17) is 9.84 Å². The van der Waals surface area contributed by atoms with Gasteiger partial charge in [0.25, 0.3) is 0 Å². The lowest BCUT2D eigenvalue weighted by Crippen LogP contribution is -2.52. The van der Waals surface area contributed by atoms with Crippen LogP contribution in [0.2, 0.25) is 0 Å². The van der Waals surface area contributed by atoms with Crippen molar-refractivity contribution >= 4 is 23.5 Å². The second-order valence-corrected chi connectivity index (χ2v) is 10.3. The number of piperidine rings is 1. The van der Waals surface area contributed by atoms with Crippen LogP contribution >= 0.6 is 11.8 Å². The van der Waals surface area contributed by atoms with Gasteiger partial charge in [-0.3, -0.25) is 0 Å². The minimum absolute atomic E-state index is 0.193. The summed E-state index contributed by atoms with van der Waals surface area (Å²) in [5, 5.41) is 9.01. The molecule has 0 aromatic heterocycles. The number of amides is 1. The van der Waals surface area contributed by atoms with E-state index < -0.39 is 5.60 Å². The molecule has 2 bridgehead atoms. The molecule has 1 amide bonds. The predicted octanol–water partition coefficient (Wildman–Crippen LogP) is 4.10.